The maximum atomic E-state index is 14.1. The van der Waals surface area contributed by atoms with Crippen LogP contribution in [0, 0.1) is 18.3 Å². The molecule has 0 radical (unpaired) electrons. The van der Waals surface area contributed by atoms with Crippen LogP contribution in [0.1, 0.15) is 76.7 Å². The Labute approximate surface area is 213 Å². The topological polar surface area (TPSA) is 147 Å². The highest BCUT2D eigenvalue weighted by Gasteiger charge is 2.50. The third-order valence-corrected chi connectivity index (χ3v) is 7.33. The van der Waals surface area contributed by atoms with Crippen LogP contribution in [0.4, 0.5) is 0 Å². The van der Waals surface area contributed by atoms with Crippen LogP contribution >= 0.6 is 0 Å². The summed E-state index contributed by atoms with van der Waals surface area (Å²) in [5.41, 5.74) is -3.17. The van der Waals surface area contributed by atoms with Gasteiger partial charge in [0.2, 0.25) is 11.7 Å². The second-order valence-corrected chi connectivity index (χ2v) is 9.89. The molecule has 9 nitrogen and oxygen atoms in total. The molecule has 4 atom stereocenters. The number of allylic oxidation sites excluding steroid dienone is 2. The van der Waals surface area contributed by atoms with Crippen molar-refractivity contribution in [3.63, 3.8) is 0 Å². The highest BCUT2D eigenvalue weighted by atomic mass is 16.6. The largest absolute Gasteiger partial charge is 0.507 e. The fraction of sp³-hybridized carbons (Fsp3) is 0.393. The van der Waals surface area contributed by atoms with Crippen molar-refractivity contribution < 1.29 is 38.9 Å². The minimum atomic E-state index is -1.91. The number of Topliss-reactive ketones (excluding diaryl/α,β-unsaturated/α-hetero) is 3. The summed E-state index contributed by atoms with van der Waals surface area (Å²) in [4.78, 5) is 67.1. The van der Waals surface area contributed by atoms with Gasteiger partial charge < -0.3 is 20.3 Å². The lowest BCUT2D eigenvalue weighted by atomic mass is 9.71. The first kappa shape index (κ1) is 26.2. The van der Waals surface area contributed by atoms with Gasteiger partial charge in [0.05, 0.1) is 11.3 Å². The Balaban J connectivity index is 2.02. The van der Waals surface area contributed by atoms with E-state index in [9.17, 15) is 34.2 Å². The summed E-state index contributed by atoms with van der Waals surface area (Å²) >= 11 is 0. The minimum absolute atomic E-state index is 0.0331. The standard InChI is InChI=1S/C28H29NO8/c1-5-15-6-8-17(30)14(3)37-27(36)28(4)11-10-19(32)29-23-22(28)26(35)20-16(25(23)34)12-13(2)24(33)21(20)18(31)9-7-15/h6,8,10-12,14-15,17,30,33H,5,7,9H2,1-4H3,(H,29,32)/t14-,15?,17-,28-/m0/s1. The molecule has 2 aliphatic heterocycles. The van der Waals surface area contributed by atoms with E-state index in [1.54, 1.807) is 6.08 Å². The minimum Gasteiger partial charge on any atom is -0.507 e. The van der Waals surface area contributed by atoms with Crippen molar-refractivity contribution in [3.05, 3.63) is 63.9 Å². The number of ketones is 3. The number of amides is 1. The quantitative estimate of drug-likeness (QED) is 0.388. The Morgan fingerprint density at radius 3 is 2.49 bits per heavy atom. The van der Waals surface area contributed by atoms with Crippen LogP contribution < -0.4 is 5.32 Å². The van der Waals surface area contributed by atoms with Gasteiger partial charge in [0.25, 0.3) is 0 Å². The molecule has 1 amide bonds. The van der Waals surface area contributed by atoms with E-state index in [-0.39, 0.29) is 45.9 Å². The fourth-order valence-electron chi connectivity index (χ4n) is 4.92. The Kier molecular flexibility index (Phi) is 6.77. The second-order valence-electron chi connectivity index (χ2n) is 9.89. The summed E-state index contributed by atoms with van der Waals surface area (Å²) in [5, 5.41) is 23.9. The zero-order valence-electron chi connectivity index (χ0n) is 21.1. The van der Waals surface area contributed by atoms with Gasteiger partial charge in [-0.25, -0.2) is 0 Å². The van der Waals surface area contributed by atoms with Gasteiger partial charge >= 0.3 is 5.97 Å². The molecule has 1 aromatic rings. The number of carbonyl (C=O) groups excluding carboxylic acids is 5. The number of ether oxygens (including phenoxy) is 1. The Morgan fingerprint density at radius 1 is 1.11 bits per heavy atom. The zero-order valence-corrected chi connectivity index (χ0v) is 21.1. The molecular weight excluding hydrogens is 478 g/mol. The lowest BCUT2D eigenvalue weighted by molar-refractivity contribution is -0.158. The van der Waals surface area contributed by atoms with Crippen LogP contribution in [0.3, 0.4) is 0 Å². The van der Waals surface area contributed by atoms with E-state index in [0.717, 1.165) is 6.08 Å². The van der Waals surface area contributed by atoms with Gasteiger partial charge in [0, 0.05) is 29.2 Å². The Bertz CT molecular complexity index is 1330. The van der Waals surface area contributed by atoms with Crippen molar-refractivity contribution in [3.8, 4) is 5.75 Å². The molecule has 1 unspecified atom stereocenters. The first-order valence-corrected chi connectivity index (χ1v) is 12.2. The second kappa shape index (κ2) is 9.55. The normalized spacial score (nSPS) is 28.4. The van der Waals surface area contributed by atoms with Crippen molar-refractivity contribution in [2.24, 2.45) is 11.3 Å². The molecule has 2 heterocycles. The predicted molar refractivity (Wildman–Crippen MR) is 132 cm³/mol. The summed E-state index contributed by atoms with van der Waals surface area (Å²) in [7, 11) is 0. The number of carbonyl (C=O) groups is 5. The van der Waals surface area contributed by atoms with E-state index in [0.29, 0.717) is 12.8 Å². The predicted octanol–water partition coefficient (Wildman–Crippen LogP) is 2.88. The van der Waals surface area contributed by atoms with Crippen molar-refractivity contribution in [2.45, 2.75) is 59.2 Å². The summed E-state index contributed by atoms with van der Waals surface area (Å²) < 4.78 is 5.53. The number of aliphatic hydroxyl groups is 1. The van der Waals surface area contributed by atoms with Crippen molar-refractivity contribution in [1.29, 1.82) is 0 Å². The zero-order chi connectivity index (χ0) is 27.2. The number of cyclic esters (lactones) is 1. The van der Waals surface area contributed by atoms with Gasteiger partial charge in [0.1, 0.15) is 23.4 Å². The molecule has 1 aliphatic carbocycles. The van der Waals surface area contributed by atoms with E-state index < -0.39 is 52.6 Å². The van der Waals surface area contributed by atoms with Crippen LogP contribution in [0.5, 0.6) is 5.75 Å². The molecule has 2 bridgehead atoms. The number of phenols is 1. The number of nitrogens with one attached hydrogen (secondary N) is 1. The van der Waals surface area contributed by atoms with E-state index in [1.165, 1.54) is 39.0 Å². The van der Waals surface area contributed by atoms with Gasteiger partial charge in [-0.15, -0.1) is 0 Å². The number of aromatic hydroxyl groups is 1. The molecule has 0 saturated carbocycles. The number of rotatable bonds is 1. The first-order chi connectivity index (χ1) is 17.4. The summed E-state index contributed by atoms with van der Waals surface area (Å²) in [6, 6.07) is 1.30. The molecule has 0 saturated heterocycles. The van der Waals surface area contributed by atoms with Crippen LogP contribution in [0.2, 0.25) is 0 Å². The number of hydrogen-bond acceptors (Lipinski definition) is 8. The monoisotopic (exact) mass is 507 g/mol. The van der Waals surface area contributed by atoms with Crippen LogP contribution in [-0.4, -0.2) is 51.6 Å². The Hall–Kier alpha value is -3.85. The van der Waals surface area contributed by atoms with Crippen LogP contribution in [0.15, 0.2) is 41.6 Å². The average molecular weight is 508 g/mol. The number of esters is 1. The van der Waals surface area contributed by atoms with Gasteiger partial charge in [-0.2, -0.15) is 0 Å². The number of phenolic OH excluding ortho intramolecular Hbond substituents is 1. The van der Waals surface area contributed by atoms with Gasteiger partial charge in [-0.3, -0.25) is 24.0 Å². The van der Waals surface area contributed by atoms with Crippen molar-refractivity contribution >= 4 is 29.2 Å². The summed E-state index contributed by atoms with van der Waals surface area (Å²) in [5.74, 6) is -4.35. The van der Waals surface area contributed by atoms with Gasteiger partial charge in [-0.05, 0) is 51.2 Å². The Morgan fingerprint density at radius 2 is 1.81 bits per heavy atom. The maximum Gasteiger partial charge on any atom is 0.320 e. The molecule has 0 aromatic heterocycles. The van der Waals surface area contributed by atoms with Gasteiger partial charge in [-0.1, -0.05) is 25.2 Å². The SMILES string of the molecule is CCC1C=C[C@H](O)[C@H](C)OC(=O)[C@@]2(C)C=CC(=O)NC3=C2C(=O)c2c(cc(C)c(O)c2C(=O)CC1)C3=O. The van der Waals surface area contributed by atoms with Crippen molar-refractivity contribution in [2.75, 3.05) is 0 Å². The molecule has 37 heavy (non-hydrogen) atoms. The number of hydrogen-bond donors (Lipinski definition) is 3. The molecule has 3 aliphatic rings. The van der Waals surface area contributed by atoms with Crippen molar-refractivity contribution in [1.82, 2.24) is 5.32 Å². The third kappa shape index (κ3) is 4.33. The highest BCUT2D eigenvalue weighted by molar-refractivity contribution is 6.32. The molecule has 3 N–H and O–H groups in total. The molecular formula is C28H29NO8. The third-order valence-electron chi connectivity index (χ3n) is 7.33. The fourth-order valence-corrected chi connectivity index (χ4v) is 4.92. The lowest BCUT2D eigenvalue weighted by Crippen LogP contribution is -2.42. The van der Waals surface area contributed by atoms with E-state index in [2.05, 4.69) is 5.32 Å². The summed E-state index contributed by atoms with van der Waals surface area (Å²) in [6.45, 7) is 6.24. The highest BCUT2D eigenvalue weighted by Crippen LogP contribution is 2.44. The molecule has 0 spiro atoms. The smallest absolute Gasteiger partial charge is 0.320 e. The summed E-state index contributed by atoms with van der Waals surface area (Å²) in [6.07, 6.45) is 4.22. The lowest BCUT2D eigenvalue weighted by Gasteiger charge is -2.32. The molecule has 4 rings (SSSR count). The molecule has 194 valence electrons. The number of benzene rings is 1. The van der Waals surface area contributed by atoms with E-state index in [1.807, 2.05) is 6.92 Å². The number of aryl methyl sites for hydroxylation is 1. The number of aliphatic hydroxyl groups excluding tert-OH is 1. The van der Waals surface area contributed by atoms with Crippen LogP contribution in [0.25, 0.3) is 0 Å². The van der Waals surface area contributed by atoms with E-state index in [4.69, 9.17) is 4.74 Å². The molecule has 0 fully saturated rings. The van der Waals surface area contributed by atoms with Crippen LogP contribution in [-0.2, 0) is 14.3 Å². The molecule has 9 heteroatoms. The maximum absolute atomic E-state index is 14.1. The van der Waals surface area contributed by atoms with Gasteiger partial charge in [0.15, 0.2) is 11.6 Å². The average Bonchev–Trinajstić information content (AvgIpc) is 2.99. The molecule has 1 aromatic carbocycles. The van der Waals surface area contributed by atoms with E-state index >= 15 is 0 Å². The first-order valence-electron chi connectivity index (χ1n) is 12.2.